The highest BCUT2D eigenvalue weighted by molar-refractivity contribution is 5.96. The van der Waals surface area contributed by atoms with Crippen LogP contribution in [0.1, 0.15) is 44.2 Å². The SMILES string of the molecule is COc1ccccc1C1CC(=O)N(Cc2ccc(F)c(F)c2)C(C)=C1C(=O)OC(C)C. The standard InChI is InChI=1S/C24H25F2NO4/c1-14(2)31-24(29)23-15(3)27(13-16-9-10-19(25)20(26)11-16)22(28)12-18(23)17-7-5-6-8-21(17)30-4/h5-11,14,18H,12-13H2,1-4H3. The average molecular weight is 429 g/mol. The van der Waals surface area contributed by atoms with Crippen molar-refractivity contribution < 1.29 is 27.8 Å². The summed E-state index contributed by atoms with van der Waals surface area (Å²) in [5, 5.41) is 0. The van der Waals surface area contributed by atoms with E-state index >= 15 is 0 Å². The lowest BCUT2D eigenvalue weighted by Crippen LogP contribution is -2.38. The van der Waals surface area contributed by atoms with Crippen LogP contribution in [0.4, 0.5) is 8.78 Å². The molecule has 0 radical (unpaired) electrons. The van der Waals surface area contributed by atoms with Gasteiger partial charge in [-0.2, -0.15) is 0 Å². The lowest BCUT2D eigenvalue weighted by molar-refractivity contribution is -0.143. The number of carbonyl (C=O) groups is 2. The molecule has 1 amide bonds. The van der Waals surface area contributed by atoms with Gasteiger partial charge in [0, 0.05) is 23.6 Å². The summed E-state index contributed by atoms with van der Waals surface area (Å²) in [4.78, 5) is 27.5. The number of carbonyl (C=O) groups excluding carboxylic acids is 2. The first-order chi connectivity index (χ1) is 14.7. The van der Waals surface area contributed by atoms with E-state index in [9.17, 15) is 18.4 Å². The van der Waals surface area contributed by atoms with Gasteiger partial charge in [-0.25, -0.2) is 13.6 Å². The van der Waals surface area contributed by atoms with Crippen LogP contribution in [0.2, 0.25) is 0 Å². The topological polar surface area (TPSA) is 55.8 Å². The van der Waals surface area contributed by atoms with Crippen LogP contribution in [0, 0.1) is 11.6 Å². The Morgan fingerprint density at radius 3 is 2.52 bits per heavy atom. The summed E-state index contributed by atoms with van der Waals surface area (Å²) in [6.45, 7) is 5.17. The van der Waals surface area contributed by atoms with Gasteiger partial charge in [-0.05, 0) is 44.5 Å². The third-order valence-corrected chi connectivity index (χ3v) is 5.22. The molecule has 7 heteroatoms. The Labute approximate surface area is 180 Å². The fourth-order valence-corrected chi connectivity index (χ4v) is 3.79. The smallest absolute Gasteiger partial charge is 0.336 e. The molecule has 0 fully saturated rings. The molecule has 1 atom stereocenters. The minimum atomic E-state index is -0.991. The number of hydrogen-bond donors (Lipinski definition) is 0. The molecule has 1 aliphatic heterocycles. The van der Waals surface area contributed by atoms with Gasteiger partial charge in [0.2, 0.25) is 5.91 Å². The number of ether oxygens (including phenoxy) is 2. The number of hydrogen-bond acceptors (Lipinski definition) is 4. The van der Waals surface area contributed by atoms with Crippen LogP contribution in [0.25, 0.3) is 0 Å². The van der Waals surface area contributed by atoms with E-state index in [4.69, 9.17) is 9.47 Å². The molecule has 5 nitrogen and oxygen atoms in total. The molecule has 31 heavy (non-hydrogen) atoms. The lowest BCUT2D eigenvalue weighted by atomic mass is 9.83. The maximum Gasteiger partial charge on any atom is 0.336 e. The molecule has 2 aromatic rings. The van der Waals surface area contributed by atoms with Crippen molar-refractivity contribution in [2.24, 2.45) is 0 Å². The molecule has 1 aliphatic rings. The number of halogens is 2. The molecule has 1 heterocycles. The Morgan fingerprint density at radius 1 is 1.16 bits per heavy atom. The van der Waals surface area contributed by atoms with Gasteiger partial charge in [-0.15, -0.1) is 0 Å². The lowest BCUT2D eigenvalue weighted by Gasteiger charge is -2.35. The van der Waals surface area contributed by atoms with Crippen molar-refractivity contribution in [3.8, 4) is 5.75 Å². The van der Waals surface area contributed by atoms with E-state index in [2.05, 4.69) is 0 Å². The Balaban J connectivity index is 2.07. The van der Waals surface area contributed by atoms with Crippen LogP contribution in [0.5, 0.6) is 5.75 Å². The summed E-state index contributed by atoms with van der Waals surface area (Å²) in [6, 6.07) is 10.7. The second-order valence-corrected chi connectivity index (χ2v) is 7.68. The number of benzene rings is 2. The first-order valence-electron chi connectivity index (χ1n) is 10.0. The van der Waals surface area contributed by atoms with E-state index in [1.54, 1.807) is 26.8 Å². The maximum absolute atomic E-state index is 13.7. The van der Waals surface area contributed by atoms with Crippen molar-refractivity contribution >= 4 is 11.9 Å². The summed E-state index contributed by atoms with van der Waals surface area (Å²) < 4.78 is 37.9. The molecule has 0 bridgehead atoms. The Morgan fingerprint density at radius 2 is 1.87 bits per heavy atom. The zero-order chi connectivity index (χ0) is 22.7. The predicted molar refractivity (Wildman–Crippen MR) is 111 cm³/mol. The van der Waals surface area contributed by atoms with Crippen molar-refractivity contribution in [3.05, 3.63) is 76.5 Å². The van der Waals surface area contributed by atoms with E-state index in [1.807, 2.05) is 18.2 Å². The molecule has 3 rings (SSSR count). The van der Waals surface area contributed by atoms with E-state index in [-0.39, 0.29) is 25.0 Å². The molecule has 0 aromatic heterocycles. The van der Waals surface area contributed by atoms with Crippen molar-refractivity contribution in [2.45, 2.75) is 45.8 Å². The van der Waals surface area contributed by atoms with Gasteiger partial charge in [-0.3, -0.25) is 4.79 Å². The fourth-order valence-electron chi connectivity index (χ4n) is 3.79. The van der Waals surface area contributed by atoms with Gasteiger partial charge in [-0.1, -0.05) is 24.3 Å². The highest BCUT2D eigenvalue weighted by Crippen LogP contribution is 2.41. The highest BCUT2D eigenvalue weighted by atomic mass is 19.2. The molecule has 0 N–H and O–H groups in total. The number of amides is 1. The van der Waals surface area contributed by atoms with Gasteiger partial charge >= 0.3 is 5.97 Å². The Bertz CT molecular complexity index is 1030. The zero-order valence-corrected chi connectivity index (χ0v) is 17.9. The summed E-state index contributed by atoms with van der Waals surface area (Å²) in [7, 11) is 1.53. The third-order valence-electron chi connectivity index (χ3n) is 5.22. The molecule has 1 unspecified atom stereocenters. The minimum Gasteiger partial charge on any atom is -0.496 e. The maximum atomic E-state index is 13.7. The second kappa shape index (κ2) is 9.29. The molecular weight excluding hydrogens is 404 g/mol. The van der Waals surface area contributed by atoms with Crippen LogP contribution in [-0.4, -0.2) is 30.0 Å². The van der Waals surface area contributed by atoms with E-state index in [0.29, 0.717) is 28.1 Å². The van der Waals surface area contributed by atoms with E-state index in [1.165, 1.54) is 18.1 Å². The zero-order valence-electron chi connectivity index (χ0n) is 17.9. The van der Waals surface area contributed by atoms with Crippen molar-refractivity contribution in [3.63, 3.8) is 0 Å². The van der Waals surface area contributed by atoms with E-state index < -0.39 is 23.5 Å². The second-order valence-electron chi connectivity index (χ2n) is 7.68. The van der Waals surface area contributed by atoms with E-state index in [0.717, 1.165) is 12.1 Å². The van der Waals surface area contributed by atoms with Crippen molar-refractivity contribution in [1.82, 2.24) is 4.90 Å². The molecule has 2 aromatic carbocycles. The number of esters is 1. The van der Waals surface area contributed by atoms with Crippen LogP contribution < -0.4 is 4.74 Å². The number of rotatable bonds is 6. The summed E-state index contributed by atoms with van der Waals surface area (Å²) in [5.74, 6) is -2.69. The molecule has 0 saturated carbocycles. The van der Waals surface area contributed by atoms with Crippen LogP contribution in [0.3, 0.4) is 0 Å². The molecule has 164 valence electrons. The minimum absolute atomic E-state index is 0.0129. The van der Waals surface area contributed by atoms with Gasteiger partial charge < -0.3 is 14.4 Å². The van der Waals surface area contributed by atoms with Gasteiger partial charge in [0.15, 0.2) is 11.6 Å². The Hall–Kier alpha value is -3.22. The molecule has 0 saturated heterocycles. The number of allylic oxidation sites excluding steroid dienone is 1. The summed E-state index contributed by atoms with van der Waals surface area (Å²) in [6.07, 6.45) is -0.326. The first kappa shape index (κ1) is 22.5. The molecule has 0 spiro atoms. The normalized spacial score (nSPS) is 16.7. The average Bonchev–Trinajstić information content (AvgIpc) is 2.72. The van der Waals surface area contributed by atoms with Gasteiger partial charge in [0.25, 0.3) is 0 Å². The largest absolute Gasteiger partial charge is 0.496 e. The molecule has 0 aliphatic carbocycles. The summed E-state index contributed by atoms with van der Waals surface area (Å²) >= 11 is 0. The van der Waals surface area contributed by atoms with Crippen molar-refractivity contribution in [1.29, 1.82) is 0 Å². The fraction of sp³-hybridized carbons (Fsp3) is 0.333. The quantitative estimate of drug-likeness (QED) is 0.624. The predicted octanol–water partition coefficient (Wildman–Crippen LogP) is 4.72. The number of nitrogens with zero attached hydrogens (tertiary/aromatic N) is 1. The molecular formula is C24H25F2NO4. The number of methoxy groups -OCH3 is 1. The van der Waals surface area contributed by atoms with Crippen LogP contribution in [-0.2, 0) is 20.9 Å². The first-order valence-corrected chi connectivity index (χ1v) is 10.0. The Kier molecular flexibility index (Phi) is 6.73. The van der Waals surface area contributed by atoms with Crippen LogP contribution >= 0.6 is 0 Å². The highest BCUT2D eigenvalue weighted by Gasteiger charge is 2.38. The third kappa shape index (κ3) is 4.76. The monoisotopic (exact) mass is 429 g/mol. The van der Waals surface area contributed by atoms with Gasteiger partial charge in [0.1, 0.15) is 5.75 Å². The van der Waals surface area contributed by atoms with Crippen molar-refractivity contribution in [2.75, 3.05) is 7.11 Å². The van der Waals surface area contributed by atoms with Gasteiger partial charge in [0.05, 0.1) is 25.3 Å². The summed E-state index contributed by atoms with van der Waals surface area (Å²) in [5.41, 5.74) is 1.89. The van der Waals surface area contributed by atoms with Crippen LogP contribution in [0.15, 0.2) is 53.7 Å². The number of para-hydroxylation sites is 1.